The molecule has 0 fully saturated rings. The van der Waals surface area contributed by atoms with Gasteiger partial charge in [0.1, 0.15) is 11.6 Å². The molecule has 0 radical (unpaired) electrons. The molecule has 3 rings (SSSR count). The molecule has 0 aromatic carbocycles. The molecule has 0 saturated heterocycles. The molecule has 0 unspecified atom stereocenters. The Bertz CT molecular complexity index is 671. The molecule has 6 heteroatoms. The summed E-state index contributed by atoms with van der Waals surface area (Å²) in [7, 11) is 0. The molecule has 3 aromatic heterocycles. The Morgan fingerprint density at radius 1 is 1.28 bits per heavy atom. The van der Waals surface area contributed by atoms with Gasteiger partial charge in [0, 0.05) is 24.0 Å². The van der Waals surface area contributed by atoms with Gasteiger partial charge in [-0.2, -0.15) is 9.78 Å². The van der Waals surface area contributed by atoms with Crippen LogP contribution in [0.25, 0.3) is 17.2 Å². The summed E-state index contributed by atoms with van der Waals surface area (Å²) in [5, 5.41) is 4.39. The molecule has 0 aliphatic heterocycles. The van der Waals surface area contributed by atoms with Crippen molar-refractivity contribution in [1.29, 1.82) is 0 Å². The third kappa shape index (κ3) is 1.64. The highest BCUT2D eigenvalue weighted by Gasteiger charge is 2.13. The van der Waals surface area contributed by atoms with Crippen molar-refractivity contribution in [2.24, 2.45) is 0 Å². The minimum absolute atomic E-state index is 0.447. The summed E-state index contributed by atoms with van der Waals surface area (Å²) in [5.74, 6) is 1.73. The average molecular weight is 241 g/mol. The number of nitrogens with two attached hydrogens (primary N) is 1. The number of rotatable bonds is 2. The zero-order chi connectivity index (χ0) is 12.5. The van der Waals surface area contributed by atoms with E-state index >= 15 is 0 Å². The molecular weight excluding hydrogens is 230 g/mol. The summed E-state index contributed by atoms with van der Waals surface area (Å²) in [5.41, 5.74) is 7.57. The molecule has 0 atom stereocenters. The van der Waals surface area contributed by atoms with Crippen molar-refractivity contribution in [1.82, 2.24) is 19.7 Å². The van der Waals surface area contributed by atoms with Crippen LogP contribution in [0.2, 0.25) is 0 Å². The highest BCUT2D eigenvalue weighted by molar-refractivity contribution is 5.64. The molecule has 0 spiro atoms. The van der Waals surface area contributed by atoms with Gasteiger partial charge in [-0.1, -0.05) is 0 Å². The second-order valence-corrected chi connectivity index (χ2v) is 3.81. The molecule has 0 saturated carbocycles. The highest BCUT2D eigenvalue weighted by Crippen LogP contribution is 2.25. The zero-order valence-corrected chi connectivity index (χ0v) is 9.74. The fraction of sp³-hybridized carbons (Fsp3) is 0.0833. The van der Waals surface area contributed by atoms with Gasteiger partial charge in [0.2, 0.25) is 0 Å². The quantitative estimate of drug-likeness (QED) is 0.739. The lowest BCUT2D eigenvalue weighted by atomic mass is 10.2. The van der Waals surface area contributed by atoms with Crippen LogP contribution in [0.3, 0.4) is 0 Å². The first kappa shape index (κ1) is 10.5. The number of hydrogen-bond acceptors (Lipinski definition) is 5. The molecule has 6 nitrogen and oxygen atoms in total. The van der Waals surface area contributed by atoms with E-state index in [-0.39, 0.29) is 0 Å². The highest BCUT2D eigenvalue weighted by atomic mass is 16.3. The summed E-state index contributed by atoms with van der Waals surface area (Å²) >= 11 is 0. The van der Waals surface area contributed by atoms with Gasteiger partial charge in [-0.15, -0.1) is 0 Å². The first-order valence-electron chi connectivity index (χ1n) is 5.43. The largest absolute Gasteiger partial charge is 0.469 e. The average Bonchev–Trinajstić information content (AvgIpc) is 2.96. The van der Waals surface area contributed by atoms with Crippen LogP contribution in [0.15, 0.2) is 41.3 Å². The number of hydrogen-bond donors (Lipinski definition) is 1. The Hall–Kier alpha value is -2.63. The van der Waals surface area contributed by atoms with Crippen molar-refractivity contribution in [3.05, 3.63) is 42.6 Å². The number of nitrogens with zero attached hydrogens (tertiary/aromatic N) is 4. The molecule has 0 amide bonds. The maximum absolute atomic E-state index is 5.92. The van der Waals surface area contributed by atoms with Gasteiger partial charge in [0.25, 0.3) is 5.95 Å². The van der Waals surface area contributed by atoms with Crippen molar-refractivity contribution >= 4 is 5.82 Å². The Morgan fingerprint density at radius 2 is 2.06 bits per heavy atom. The minimum atomic E-state index is 0.447. The molecule has 90 valence electrons. The van der Waals surface area contributed by atoms with Gasteiger partial charge in [-0.3, -0.25) is 0 Å². The molecule has 0 aliphatic carbocycles. The molecular formula is C12H11N5O. The summed E-state index contributed by atoms with van der Waals surface area (Å²) in [6, 6.07) is 5.37. The van der Waals surface area contributed by atoms with Gasteiger partial charge in [-0.25, -0.2) is 9.97 Å². The molecule has 0 bridgehead atoms. The van der Waals surface area contributed by atoms with Crippen LogP contribution >= 0.6 is 0 Å². The third-order valence-corrected chi connectivity index (χ3v) is 2.61. The van der Waals surface area contributed by atoms with Crippen molar-refractivity contribution in [2.45, 2.75) is 6.92 Å². The second kappa shape index (κ2) is 3.99. The van der Waals surface area contributed by atoms with E-state index in [0.29, 0.717) is 11.8 Å². The fourth-order valence-corrected chi connectivity index (χ4v) is 1.74. The molecule has 2 N–H and O–H groups in total. The van der Waals surface area contributed by atoms with E-state index < -0.39 is 0 Å². The first-order chi connectivity index (χ1) is 8.75. The van der Waals surface area contributed by atoms with Crippen LogP contribution in [0.4, 0.5) is 5.82 Å². The maximum Gasteiger partial charge on any atom is 0.252 e. The number of anilines is 1. The smallest absolute Gasteiger partial charge is 0.252 e. The zero-order valence-electron chi connectivity index (χ0n) is 9.74. The molecule has 3 aromatic rings. The SMILES string of the molecule is Cc1occc1-c1cc(N)n(-c2ncccn2)n1. The Labute approximate surface area is 103 Å². The van der Waals surface area contributed by atoms with Crippen molar-refractivity contribution in [3.63, 3.8) is 0 Å². The van der Waals surface area contributed by atoms with Crippen LogP contribution in [0.5, 0.6) is 0 Å². The second-order valence-electron chi connectivity index (χ2n) is 3.81. The standard InChI is InChI=1S/C12H11N5O/c1-8-9(3-6-18-8)10-7-11(13)17(16-10)12-14-4-2-5-15-12/h2-7H,13H2,1H3. The Kier molecular flexibility index (Phi) is 2.33. The van der Waals surface area contributed by atoms with Crippen LogP contribution in [-0.4, -0.2) is 19.7 Å². The first-order valence-corrected chi connectivity index (χ1v) is 5.43. The predicted octanol–water partition coefficient (Wildman–Crippen LogP) is 1.81. The maximum atomic E-state index is 5.92. The molecule has 0 aliphatic rings. The van der Waals surface area contributed by atoms with E-state index in [1.54, 1.807) is 30.8 Å². The number of nitrogen functional groups attached to an aromatic ring is 1. The lowest BCUT2D eigenvalue weighted by molar-refractivity contribution is 0.535. The van der Waals surface area contributed by atoms with Gasteiger partial charge in [0.05, 0.1) is 12.0 Å². The number of aryl methyl sites for hydroxylation is 1. The van der Waals surface area contributed by atoms with Crippen LogP contribution in [0.1, 0.15) is 5.76 Å². The minimum Gasteiger partial charge on any atom is -0.469 e. The van der Waals surface area contributed by atoms with Crippen LogP contribution in [-0.2, 0) is 0 Å². The van der Waals surface area contributed by atoms with Crippen molar-refractivity contribution in [2.75, 3.05) is 5.73 Å². The van der Waals surface area contributed by atoms with Gasteiger partial charge < -0.3 is 10.2 Å². The van der Waals surface area contributed by atoms with Gasteiger partial charge >= 0.3 is 0 Å². The monoisotopic (exact) mass is 241 g/mol. The van der Waals surface area contributed by atoms with E-state index in [0.717, 1.165) is 17.0 Å². The third-order valence-electron chi connectivity index (χ3n) is 2.61. The number of furan rings is 1. The summed E-state index contributed by atoms with van der Waals surface area (Å²) in [4.78, 5) is 8.23. The van der Waals surface area contributed by atoms with Crippen LogP contribution < -0.4 is 5.73 Å². The van der Waals surface area contributed by atoms with E-state index in [1.807, 2.05) is 13.0 Å². The van der Waals surface area contributed by atoms with Crippen LogP contribution in [0, 0.1) is 6.92 Å². The summed E-state index contributed by atoms with van der Waals surface area (Å²) in [6.07, 6.45) is 4.91. The van der Waals surface area contributed by atoms with Crippen molar-refractivity contribution < 1.29 is 4.42 Å². The van der Waals surface area contributed by atoms with E-state index in [1.165, 1.54) is 4.68 Å². The van der Waals surface area contributed by atoms with Gasteiger partial charge in [0.15, 0.2) is 0 Å². The topological polar surface area (TPSA) is 82.8 Å². The number of aromatic nitrogens is 4. The lowest BCUT2D eigenvalue weighted by Crippen LogP contribution is -2.05. The Morgan fingerprint density at radius 3 is 2.72 bits per heavy atom. The van der Waals surface area contributed by atoms with E-state index in [9.17, 15) is 0 Å². The molecule has 3 heterocycles. The van der Waals surface area contributed by atoms with E-state index in [2.05, 4.69) is 15.1 Å². The normalized spacial score (nSPS) is 10.7. The fourth-order valence-electron chi connectivity index (χ4n) is 1.74. The predicted molar refractivity (Wildman–Crippen MR) is 66.0 cm³/mol. The Balaban J connectivity index is 2.10. The summed E-state index contributed by atoms with van der Waals surface area (Å²) < 4.78 is 6.75. The molecule has 18 heavy (non-hydrogen) atoms. The van der Waals surface area contributed by atoms with Crippen molar-refractivity contribution in [3.8, 4) is 17.2 Å². The van der Waals surface area contributed by atoms with Gasteiger partial charge in [-0.05, 0) is 19.1 Å². The summed E-state index contributed by atoms with van der Waals surface area (Å²) in [6.45, 7) is 1.88. The van der Waals surface area contributed by atoms with E-state index in [4.69, 9.17) is 10.2 Å². The lowest BCUT2D eigenvalue weighted by Gasteiger charge is -1.99.